The molecule has 1 N–H and O–H groups in total. The lowest BCUT2D eigenvalue weighted by atomic mass is 10.3. The molecule has 0 spiro atoms. The van der Waals surface area contributed by atoms with Crippen molar-refractivity contribution in [3.8, 4) is 23.5 Å². The molecule has 0 amide bonds. The van der Waals surface area contributed by atoms with E-state index in [1.54, 1.807) is 18.2 Å². The molecule has 0 aliphatic rings. The molecule has 0 fully saturated rings. The first-order chi connectivity index (χ1) is 11.8. The molecule has 3 aromatic rings. The zero-order chi connectivity index (χ0) is 16.8. The zero-order valence-electron chi connectivity index (χ0n) is 12.9. The van der Waals surface area contributed by atoms with Gasteiger partial charge in [-0.3, -0.25) is 0 Å². The minimum Gasteiger partial charge on any atom is -0.486 e. The maximum absolute atomic E-state index is 9.10. The highest BCUT2D eigenvalue weighted by molar-refractivity contribution is 5.54. The SMILES string of the molecule is C=CCNc1oc(-c2ccc(COc3ccccc3)o2)nc1C#N. The van der Waals surface area contributed by atoms with Gasteiger partial charge in [-0.25, -0.2) is 0 Å². The van der Waals surface area contributed by atoms with Gasteiger partial charge >= 0.3 is 0 Å². The molecule has 120 valence electrons. The number of rotatable bonds is 7. The van der Waals surface area contributed by atoms with Crippen molar-refractivity contribution in [3.05, 3.63) is 66.6 Å². The van der Waals surface area contributed by atoms with E-state index in [-0.39, 0.29) is 18.2 Å². The Bertz CT molecular complexity index is 859. The molecule has 6 nitrogen and oxygen atoms in total. The van der Waals surface area contributed by atoms with Gasteiger partial charge in [0.15, 0.2) is 5.76 Å². The lowest BCUT2D eigenvalue weighted by Crippen LogP contribution is -1.97. The van der Waals surface area contributed by atoms with Crippen LogP contribution < -0.4 is 10.1 Å². The van der Waals surface area contributed by atoms with E-state index in [2.05, 4.69) is 16.9 Å². The number of nitriles is 1. The summed E-state index contributed by atoms with van der Waals surface area (Å²) in [5, 5.41) is 12.0. The topological polar surface area (TPSA) is 84.2 Å². The average molecular weight is 321 g/mol. The van der Waals surface area contributed by atoms with Gasteiger partial charge in [0.1, 0.15) is 24.2 Å². The number of anilines is 1. The standard InChI is InChI=1S/C18H15N3O3/c1-2-10-20-17-15(11-19)21-18(24-17)16-9-8-14(23-16)12-22-13-6-4-3-5-7-13/h2-9,20H,1,10,12H2. The van der Waals surface area contributed by atoms with E-state index in [0.29, 0.717) is 23.9 Å². The quantitative estimate of drug-likeness (QED) is 0.663. The van der Waals surface area contributed by atoms with Crippen molar-refractivity contribution in [2.75, 3.05) is 11.9 Å². The second kappa shape index (κ2) is 7.20. The number of benzene rings is 1. The van der Waals surface area contributed by atoms with Crippen LogP contribution in [0.3, 0.4) is 0 Å². The second-order valence-corrected chi connectivity index (χ2v) is 4.85. The zero-order valence-corrected chi connectivity index (χ0v) is 12.9. The molecule has 0 atom stereocenters. The smallest absolute Gasteiger partial charge is 0.266 e. The number of furan rings is 1. The van der Waals surface area contributed by atoms with Crippen LogP contribution in [0.5, 0.6) is 5.75 Å². The number of nitrogens with one attached hydrogen (secondary N) is 1. The van der Waals surface area contributed by atoms with Crippen LogP contribution in [0, 0.1) is 11.3 Å². The van der Waals surface area contributed by atoms with Crippen LogP contribution >= 0.6 is 0 Å². The predicted octanol–water partition coefficient (Wildman–Crippen LogP) is 3.98. The van der Waals surface area contributed by atoms with Crippen LogP contribution in [-0.4, -0.2) is 11.5 Å². The minimum atomic E-state index is 0.172. The van der Waals surface area contributed by atoms with Crippen molar-refractivity contribution in [1.29, 1.82) is 5.26 Å². The fourth-order valence-electron chi connectivity index (χ4n) is 2.03. The van der Waals surface area contributed by atoms with E-state index in [1.807, 2.05) is 36.4 Å². The summed E-state index contributed by atoms with van der Waals surface area (Å²) in [7, 11) is 0. The van der Waals surface area contributed by atoms with Crippen LogP contribution in [0.1, 0.15) is 11.5 Å². The van der Waals surface area contributed by atoms with Crippen LogP contribution in [0.4, 0.5) is 5.88 Å². The molecule has 0 aliphatic heterocycles. The van der Waals surface area contributed by atoms with Gasteiger partial charge in [-0.1, -0.05) is 24.3 Å². The third-order valence-corrected chi connectivity index (χ3v) is 3.14. The van der Waals surface area contributed by atoms with E-state index in [9.17, 15) is 0 Å². The van der Waals surface area contributed by atoms with Crippen LogP contribution in [0.25, 0.3) is 11.7 Å². The van der Waals surface area contributed by atoms with Crippen LogP contribution in [0.15, 0.2) is 64.0 Å². The van der Waals surface area contributed by atoms with Crippen LogP contribution in [0.2, 0.25) is 0 Å². The van der Waals surface area contributed by atoms with Crippen molar-refractivity contribution in [2.45, 2.75) is 6.61 Å². The van der Waals surface area contributed by atoms with Crippen molar-refractivity contribution in [3.63, 3.8) is 0 Å². The first kappa shape index (κ1) is 15.4. The molecule has 24 heavy (non-hydrogen) atoms. The number of aromatic nitrogens is 1. The molecule has 0 saturated carbocycles. The molecule has 0 radical (unpaired) electrons. The van der Waals surface area contributed by atoms with Gasteiger partial charge in [0, 0.05) is 6.54 Å². The summed E-state index contributed by atoms with van der Waals surface area (Å²) >= 11 is 0. The second-order valence-electron chi connectivity index (χ2n) is 4.85. The molecule has 2 heterocycles. The molecular weight excluding hydrogens is 306 g/mol. The summed E-state index contributed by atoms with van der Waals surface area (Å²) in [5.74, 6) is 2.36. The molecule has 0 aliphatic carbocycles. The highest BCUT2D eigenvalue weighted by atomic mass is 16.5. The number of ether oxygens (including phenoxy) is 1. The van der Waals surface area contributed by atoms with Crippen LogP contribution in [-0.2, 0) is 6.61 Å². The molecule has 1 aromatic carbocycles. The Kier molecular flexibility index (Phi) is 4.63. The van der Waals surface area contributed by atoms with Gasteiger partial charge in [-0.15, -0.1) is 6.58 Å². The van der Waals surface area contributed by atoms with E-state index in [4.69, 9.17) is 18.8 Å². The third kappa shape index (κ3) is 3.47. The summed E-state index contributed by atoms with van der Waals surface area (Å²) in [5.41, 5.74) is 0.172. The summed E-state index contributed by atoms with van der Waals surface area (Å²) in [6, 6.07) is 15.0. The van der Waals surface area contributed by atoms with Gasteiger partial charge < -0.3 is 18.9 Å². The molecular formula is C18H15N3O3. The average Bonchev–Trinajstić information content (AvgIpc) is 3.25. The fourth-order valence-corrected chi connectivity index (χ4v) is 2.03. The monoisotopic (exact) mass is 321 g/mol. The Hall–Kier alpha value is -3.46. The molecule has 0 bridgehead atoms. The maximum atomic E-state index is 9.10. The minimum absolute atomic E-state index is 0.172. The van der Waals surface area contributed by atoms with E-state index in [0.717, 1.165) is 5.75 Å². The van der Waals surface area contributed by atoms with Crippen molar-refractivity contribution < 1.29 is 13.6 Å². The van der Waals surface area contributed by atoms with Gasteiger partial charge in [0.2, 0.25) is 11.6 Å². The van der Waals surface area contributed by atoms with Gasteiger partial charge in [0.25, 0.3) is 5.89 Å². The Morgan fingerprint density at radius 1 is 1.21 bits per heavy atom. The Labute approximate surface area is 139 Å². The normalized spacial score (nSPS) is 10.1. The number of nitrogens with zero attached hydrogens (tertiary/aromatic N) is 2. The Balaban J connectivity index is 1.72. The van der Waals surface area contributed by atoms with Gasteiger partial charge in [-0.05, 0) is 24.3 Å². The third-order valence-electron chi connectivity index (χ3n) is 3.14. The first-order valence-electron chi connectivity index (χ1n) is 7.33. The van der Waals surface area contributed by atoms with Crippen molar-refractivity contribution >= 4 is 5.88 Å². The summed E-state index contributed by atoms with van der Waals surface area (Å²) in [6.07, 6.45) is 1.66. The Morgan fingerprint density at radius 2 is 2.04 bits per heavy atom. The molecule has 6 heteroatoms. The highest BCUT2D eigenvalue weighted by Gasteiger charge is 2.17. The lowest BCUT2D eigenvalue weighted by Gasteiger charge is -2.02. The molecule has 2 aromatic heterocycles. The van der Waals surface area contributed by atoms with E-state index < -0.39 is 0 Å². The fraction of sp³-hybridized carbons (Fsp3) is 0.111. The van der Waals surface area contributed by atoms with Crippen molar-refractivity contribution in [2.24, 2.45) is 0 Å². The molecule has 0 saturated heterocycles. The summed E-state index contributed by atoms with van der Waals surface area (Å²) in [6.45, 7) is 4.36. The summed E-state index contributed by atoms with van der Waals surface area (Å²) in [4.78, 5) is 4.12. The first-order valence-corrected chi connectivity index (χ1v) is 7.33. The lowest BCUT2D eigenvalue weighted by molar-refractivity contribution is 0.271. The van der Waals surface area contributed by atoms with E-state index in [1.165, 1.54) is 0 Å². The largest absolute Gasteiger partial charge is 0.486 e. The maximum Gasteiger partial charge on any atom is 0.266 e. The van der Waals surface area contributed by atoms with Crippen molar-refractivity contribution in [1.82, 2.24) is 4.98 Å². The number of hydrogen-bond acceptors (Lipinski definition) is 6. The number of para-hydroxylation sites is 1. The summed E-state index contributed by atoms with van der Waals surface area (Å²) < 4.78 is 16.8. The number of oxazole rings is 1. The van der Waals surface area contributed by atoms with E-state index >= 15 is 0 Å². The van der Waals surface area contributed by atoms with Gasteiger partial charge in [0.05, 0.1) is 0 Å². The van der Waals surface area contributed by atoms with Gasteiger partial charge in [-0.2, -0.15) is 10.2 Å². The molecule has 3 rings (SSSR count). The highest BCUT2D eigenvalue weighted by Crippen LogP contribution is 2.27. The Morgan fingerprint density at radius 3 is 2.79 bits per heavy atom. The number of hydrogen-bond donors (Lipinski definition) is 1. The molecule has 0 unspecified atom stereocenters. The predicted molar refractivity (Wildman–Crippen MR) is 88.4 cm³/mol.